The number of amides is 1. The Bertz CT molecular complexity index is 1160. The number of hydrogen-bond acceptors (Lipinski definition) is 5. The topological polar surface area (TPSA) is 75.7 Å². The van der Waals surface area contributed by atoms with Crippen molar-refractivity contribution >= 4 is 39.1 Å². The maximum absolute atomic E-state index is 13.5. The van der Waals surface area contributed by atoms with E-state index in [4.69, 9.17) is 4.74 Å². The molecule has 32 heavy (non-hydrogen) atoms. The molecule has 0 bridgehead atoms. The highest BCUT2D eigenvalue weighted by atomic mass is 32.2. The van der Waals surface area contributed by atoms with Crippen molar-refractivity contribution < 1.29 is 17.9 Å². The smallest absolute Gasteiger partial charge is 0.264 e. The van der Waals surface area contributed by atoms with Gasteiger partial charge in [0, 0.05) is 17.7 Å². The Morgan fingerprint density at radius 1 is 1.03 bits per heavy atom. The summed E-state index contributed by atoms with van der Waals surface area (Å²) in [5.74, 6) is -0.440. The van der Waals surface area contributed by atoms with Gasteiger partial charge in [0.15, 0.2) is 0 Å². The molecule has 3 aromatic carbocycles. The van der Waals surface area contributed by atoms with E-state index in [-0.39, 0.29) is 11.4 Å². The molecule has 0 aliphatic rings. The van der Waals surface area contributed by atoms with E-state index in [9.17, 15) is 13.2 Å². The molecule has 168 valence electrons. The fourth-order valence-corrected chi connectivity index (χ4v) is 4.97. The van der Waals surface area contributed by atoms with Crippen LogP contribution in [0.4, 0.5) is 11.4 Å². The van der Waals surface area contributed by atoms with E-state index in [1.807, 2.05) is 37.4 Å². The molecule has 0 heterocycles. The van der Waals surface area contributed by atoms with Crippen molar-refractivity contribution in [2.45, 2.75) is 23.3 Å². The third-order valence-electron chi connectivity index (χ3n) is 4.78. The summed E-state index contributed by atoms with van der Waals surface area (Å²) < 4.78 is 33.2. The van der Waals surface area contributed by atoms with Crippen LogP contribution in [0.2, 0.25) is 0 Å². The van der Waals surface area contributed by atoms with Crippen molar-refractivity contribution in [3.8, 4) is 0 Å². The minimum atomic E-state index is -3.95. The van der Waals surface area contributed by atoms with Crippen LogP contribution in [-0.2, 0) is 26.2 Å². The predicted molar refractivity (Wildman–Crippen MR) is 130 cm³/mol. The normalized spacial score (nSPS) is 11.2. The highest BCUT2D eigenvalue weighted by Gasteiger charge is 2.27. The molecule has 0 saturated carbocycles. The molecule has 0 saturated heterocycles. The third kappa shape index (κ3) is 5.91. The molecule has 0 atom stereocenters. The number of rotatable bonds is 9. The van der Waals surface area contributed by atoms with Crippen LogP contribution in [0.1, 0.15) is 11.1 Å². The standard InChI is InChI=1S/C24H26N2O4S2/c1-18-7-9-21(10-8-18)26(32(28,29)23-13-11-22(31-3)12-14-23)16-24(27)25-20-6-4-5-19(15-20)17-30-2/h4-15H,16-17H2,1-3H3,(H,25,27). The number of anilines is 2. The number of methoxy groups -OCH3 is 1. The Kier molecular flexibility index (Phi) is 7.95. The first-order valence-corrected chi connectivity index (χ1v) is 12.6. The van der Waals surface area contributed by atoms with Gasteiger partial charge in [-0.3, -0.25) is 9.10 Å². The molecule has 0 spiro atoms. The van der Waals surface area contributed by atoms with Crippen LogP contribution in [0.25, 0.3) is 0 Å². The number of hydrogen-bond donors (Lipinski definition) is 1. The number of aryl methyl sites for hydroxylation is 1. The Morgan fingerprint density at radius 2 is 1.72 bits per heavy atom. The van der Waals surface area contributed by atoms with E-state index in [0.29, 0.717) is 18.0 Å². The minimum Gasteiger partial charge on any atom is -0.380 e. The second-order valence-corrected chi connectivity index (χ2v) is 9.95. The summed E-state index contributed by atoms with van der Waals surface area (Å²) in [6.07, 6.45) is 1.92. The molecule has 1 N–H and O–H groups in total. The Labute approximate surface area is 193 Å². The zero-order valence-corrected chi connectivity index (χ0v) is 19.9. The maximum Gasteiger partial charge on any atom is 0.264 e. The van der Waals surface area contributed by atoms with Gasteiger partial charge in [0.1, 0.15) is 6.54 Å². The minimum absolute atomic E-state index is 0.130. The van der Waals surface area contributed by atoms with Gasteiger partial charge in [0.05, 0.1) is 17.2 Å². The second-order valence-electron chi connectivity index (χ2n) is 7.20. The number of nitrogens with one attached hydrogen (secondary N) is 1. The van der Waals surface area contributed by atoms with Crippen LogP contribution in [0.3, 0.4) is 0 Å². The molecule has 1 amide bonds. The Balaban J connectivity index is 1.90. The van der Waals surface area contributed by atoms with Crippen LogP contribution in [0, 0.1) is 6.92 Å². The number of carbonyl (C=O) groups excluding carboxylic acids is 1. The fraction of sp³-hybridized carbons (Fsp3) is 0.208. The molecule has 0 aliphatic heterocycles. The number of thioether (sulfide) groups is 1. The molecule has 6 nitrogen and oxygen atoms in total. The number of nitrogens with zero attached hydrogens (tertiary/aromatic N) is 1. The number of benzene rings is 3. The van der Waals surface area contributed by atoms with Gasteiger partial charge >= 0.3 is 0 Å². The van der Waals surface area contributed by atoms with Crippen molar-refractivity contribution in [3.05, 3.63) is 83.9 Å². The van der Waals surface area contributed by atoms with Crippen LogP contribution in [0.5, 0.6) is 0 Å². The van der Waals surface area contributed by atoms with Gasteiger partial charge in [-0.1, -0.05) is 29.8 Å². The molecule has 3 aromatic rings. The van der Waals surface area contributed by atoms with Crippen molar-refractivity contribution in [3.63, 3.8) is 0 Å². The summed E-state index contributed by atoms with van der Waals surface area (Å²) in [5, 5.41) is 2.79. The average Bonchev–Trinajstić information content (AvgIpc) is 2.78. The second kappa shape index (κ2) is 10.7. The fourth-order valence-electron chi connectivity index (χ4n) is 3.14. The van der Waals surface area contributed by atoms with E-state index < -0.39 is 15.9 Å². The number of sulfonamides is 1. The van der Waals surface area contributed by atoms with Gasteiger partial charge in [-0.2, -0.15) is 0 Å². The van der Waals surface area contributed by atoms with Crippen LogP contribution >= 0.6 is 11.8 Å². The first-order chi connectivity index (χ1) is 15.3. The van der Waals surface area contributed by atoms with Gasteiger partial charge in [-0.15, -0.1) is 11.8 Å². The largest absolute Gasteiger partial charge is 0.380 e. The van der Waals surface area contributed by atoms with Gasteiger partial charge < -0.3 is 10.1 Å². The molecule has 0 aromatic heterocycles. The highest BCUT2D eigenvalue weighted by molar-refractivity contribution is 7.98. The first kappa shape index (κ1) is 23.8. The summed E-state index contributed by atoms with van der Waals surface area (Å²) in [7, 11) is -2.35. The third-order valence-corrected chi connectivity index (χ3v) is 7.31. The molecular weight excluding hydrogens is 444 g/mol. The lowest BCUT2D eigenvalue weighted by Gasteiger charge is -2.24. The van der Waals surface area contributed by atoms with Crippen molar-refractivity contribution in [2.24, 2.45) is 0 Å². The number of carbonyl (C=O) groups is 1. The molecule has 0 radical (unpaired) electrons. The highest BCUT2D eigenvalue weighted by Crippen LogP contribution is 2.26. The van der Waals surface area contributed by atoms with E-state index >= 15 is 0 Å². The molecular formula is C24H26N2O4S2. The van der Waals surface area contributed by atoms with E-state index in [0.717, 1.165) is 20.3 Å². The maximum atomic E-state index is 13.5. The summed E-state index contributed by atoms with van der Waals surface area (Å²) in [6, 6.07) is 20.9. The molecule has 8 heteroatoms. The van der Waals surface area contributed by atoms with Crippen molar-refractivity contribution in [1.29, 1.82) is 0 Å². The van der Waals surface area contributed by atoms with Crippen LogP contribution in [-0.4, -0.2) is 34.2 Å². The summed E-state index contributed by atoms with van der Waals surface area (Å²) in [5.41, 5.74) is 2.90. The molecule has 0 unspecified atom stereocenters. The lowest BCUT2D eigenvalue weighted by molar-refractivity contribution is -0.114. The zero-order chi connectivity index (χ0) is 23.1. The lowest BCUT2D eigenvalue weighted by Crippen LogP contribution is -2.38. The van der Waals surface area contributed by atoms with Crippen molar-refractivity contribution in [2.75, 3.05) is 29.5 Å². The van der Waals surface area contributed by atoms with E-state index in [1.54, 1.807) is 55.6 Å². The van der Waals surface area contributed by atoms with E-state index in [1.165, 1.54) is 11.8 Å². The molecule has 0 aliphatic carbocycles. The first-order valence-electron chi connectivity index (χ1n) is 9.94. The van der Waals surface area contributed by atoms with Crippen LogP contribution < -0.4 is 9.62 Å². The SMILES string of the molecule is COCc1cccc(NC(=O)CN(c2ccc(C)cc2)S(=O)(=O)c2ccc(SC)cc2)c1. The summed E-state index contributed by atoms with van der Waals surface area (Å²) in [4.78, 5) is 13.9. The quantitative estimate of drug-likeness (QED) is 0.459. The lowest BCUT2D eigenvalue weighted by atomic mass is 10.2. The summed E-state index contributed by atoms with van der Waals surface area (Å²) in [6.45, 7) is 1.98. The summed E-state index contributed by atoms with van der Waals surface area (Å²) >= 11 is 1.53. The van der Waals surface area contributed by atoms with Gasteiger partial charge in [0.2, 0.25) is 5.91 Å². The average molecular weight is 471 g/mol. The Hall–Kier alpha value is -2.81. The van der Waals surface area contributed by atoms with Crippen molar-refractivity contribution in [1.82, 2.24) is 0 Å². The number of ether oxygens (including phenoxy) is 1. The van der Waals surface area contributed by atoms with Crippen LogP contribution in [0.15, 0.2) is 82.6 Å². The zero-order valence-electron chi connectivity index (χ0n) is 18.2. The van der Waals surface area contributed by atoms with Gasteiger partial charge in [-0.25, -0.2) is 8.42 Å². The van der Waals surface area contributed by atoms with E-state index in [2.05, 4.69) is 5.32 Å². The Morgan fingerprint density at radius 3 is 2.34 bits per heavy atom. The monoisotopic (exact) mass is 470 g/mol. The predicted octanol–water partition coefficient (Wildman–Crippen LogP) is 4.70. The van der Waals surface area contributed by atoms with Gasteiger partial charge in [0.25, 0.3) is 10.0 Å². The molecule has 0 fully saturated rings. The van der Waals surface area contributed by atoms with Gasteiger partial charge in [-0.05, 0) is 67.3 Å². The molecule has 3 rings (SSSR count).